The summed E-state index contributed by atoms with van der Waals surface area (Å²) >= 11 is 0. The van der Waals surface area contributed by atoms with Crippen LogP contribution in [0.4, 0.5) is 13.2 Å². The number of carbonyl (C=O) groups is 2. The van der Waals surface area contributed by atoms with E-state index in [4.69, 9.17) is 0 Å². The van der Waals surface area contributed by atoms with Gasteiger partial charge < -0.3 is 9.80 Å². The Hall–Kier alpha value is -3.62. The Morgan fingerprint density at radius 2 is 1.51 bits per heavy atom. The van der Waals surface area contributed by atoms with Gasteiger partial charge in [-0.05, 0) is 48.7 Å². The number of hydrogen-bond donors (Lipinski definition) is 0. The van der Waals surface area contributed by atoms with Crippen LogP contribution in [0, 0.1) is 6.92 Å². The van der Waals surface area contributed by atoms with Crippen LogP contribution in [0.5, 0.6) is 0 Å². The number of nitrogens with zero attached hydrogens (tertiary/aromatic N) is 4. The SMILES string of the molecule is Cc1c(C(=O)N2CCN(C(=O)c3ccc(C(C)C)cc3)CC2)cnn1-c1cccc(C(F)(F)F)c1. The van der Waals surface area contributed by atoms with E-state index in [9.17, 15) is 22.8 Å². The van der Waals surface area contributed by atoms with Crippen LogP contribution in [-0.4, -0.2) is 57.6 Å². The Morgan fingerprint density at radius 1 is 0.914 bits per heavy atom. The first-order chi connectivity index (χ1) is 16.6. The molecule has 0 saturated carbocycles. The van der Waals surface area contributed by atoms with Crippen molar-refractivity contribution in [1.29, 1.82) is 0 Å². The van der Waals surface area contributed by atoms with Crippen molar-refractivity contribution < 1.29 is 22.8 Å². The minimum absolute atomic E-state index is 0.0686. The van der Waals surface area contributed by atoms with E-state index in [1.807, 2.05) is 24.3 Å². The molecule has 0 N–H and O–H groups in total. The van der Waals surface area contributed by atoms with Gasteiger partial charge in [0.05, 0.1) is 28.7 Å². The Bertz CT molecular complexity index is 1220. The largest absolute Gasteiger partial charge is 0.416 e. The Balaban J connectivity index is 1.43. The molecule has 2 amide bonds. The fraction of sp³-hybridized carbons (Fsp3) is 0.346. The van der Waals surface area contributed by atoms with Crippen molar-refractivity contribution in [2.75, 3.05) is 26.2 Å². The molecule has 3 aromatic rings. The summed E-state index contributed by atoms with van der Waals surface area (Å²) in [6.45, 7) is 7.37. The molecule has 35 heavy (non-hydrogen) atoms. The van der Waals surface area contributed by atoms with E-state index in [0.717, 1.165) is 17.7 Å². The third-order valence-electron chi connectivity index (χ3n) is 6.34. The first kappa shape index (κ1) is 24.5. The highest BCUT2D eigenvalue weighted by atomic mass is 19.4. The summed E-state index contributed by atoms with van der Waals surface area (Å²) in [7, 11) is 0. The number of halogens is 3. The van der Waals surface area contributed by atoms with Crippen LogP contribution in [0.2, 0.25) is 0 Å². The molecular weight excluding hydrogens is 457 g/mol. The van der Waals surface area contributed by atoms with Crippen molar-refractivity contribution in [1.82, 2.24) is 19.6 Å². The van der Waals surface area contributed by atoms with E-state index >= 15 is 0 Å². The lowest BCUT2D eigenvalue weighted by molar-refractivity contribution is -0.137. The van der Waals surface area contributed by atoms with Gasteiger partial charge in [0.25, 0.3) is 11.8 Å². The molecule has 9 heteroatoms. The molecule has 1 saturated heterocycles. The quantitative estimate of drug-likeness (QED) is 0.528. The maximum absolute atomic E-state index is 13.1. The number of benzene rings is 2. The van der Waals surface area contributed by atoms with E-state index in [0.29, 0.717) is 48.9 Å². The Kier molecular flexibility index (Phi) is 6.69. The lowest BCUT2D eigenvalue weighted by Crippen LogP contribution is -2.50. The normalized spacial score (nSPS) is 14.5. The fourth-order valence-electron chi connectivity index (χ4n) is 4.17. The topological polar surface area (TPSA) is 58.4 Å². The summed E-state index contributed by atoms with van der Waals surface area (Å²) in [6.07, 6.45) is -3.09. The van der Waals surface area contributed by atoms with Crippen molar-refractivity contribution in [2.45, 2.75) is 32.9 Å². The van der Waals surface area contributed by atoms with Gasteiger partial charge in [0.1, 0.15) is 0 Å². The van der Waals surface area contributed by atoms with Crippen molar-refractivity contribution in [3.8, 4) is 5.69 Å². The highest BCUT2D eigenvalue weighted by Crippen LogP contribution is 2.30. The van der Waals surface area contributed by atoms with E-state index < -0.39 is 11.7 Å². The van der Waals surface area contributed by atoms with E-state index in [1.54, 1.807) is 16.7 Å². The second-order valence-corrected chi connectivity index (χ2v) is 8.96. The molecule has 2 heterocycles. The van der Waals surface area contributed by atoms with E-state index in [-0.39, 0.29) is 17.5 Å². The summed E-state index contributed by atoms with van der Waals surface area (Å²) in [4.78, 5) is 29.4. The van der Waals surface area contributed by atoms with Gasteiger partial charge in [0, 0.05) is 31.7 Å². The number of rotatable bonds is 4. The number of hydrogen-bond acceptors (Lipinski definition) is 3. The molecule has 0 spiro atoms. The second kappa shape index (κ2) is 9.56. The number of alkyl halides is 3. The van der Waals surface area contributed by atoms with Crippen LogP contribution in [0.25, 0.3) is 5.69 Å². The monoisotopic (exact) mass is 484 g/mol. The maximum Gasteiger partial charge on any atom is 0.416 e. The van der Waals surface area contributed by atoms with Gasteiger partial charge >= 0.3 is 6.18 Å². The molecule has 1 fully saturated rings. The Labute approximate surface area is 202 Å². The number of amides is 2. The minimum atomic E-state index is -4.47. The van der Waals surface area contributed by atoms with Gasteiger partial charge in [0.15, 0.2) is 0 Å². The zero-order valence-electron chi connectivity index (χ0n) is 19.8. The zero-order chi connectivity index (χ0) is 25.3. The Morgan fingerprint density at radius 3 is 2.09 bits per heavy atom. The third-order valence-corrected chi connectivity index (χ3v) is 6.34. The molecule has 1 aromatic heterocycles. The molecule has 2 aromatic carbocycles. The third kappa shape index (κ3) is 5.08. The standard InChI is InChI=1S/C26H27F3N4O2/c1-17(2)19-7-9-20(10-8-19)24(34)31-11-13-32(14-12-31)25(35)23-16-30-33(18(23)3)22-6-4-5-21(15-22)26(27,28)29/h4-10,15-17H,11-14H2,1-3H3. The van der Waals surface area contributed by atoms with E-state index in [2.05, 4.69) is 18.9 Å². The van der Waals surface area contributed by atoms with Gasteiger partial charge in [0.2, 0.25) is 0 Å². The van der Waals surface area contributed by atoms with Crippen LogP contribution in [0.3, 0.4) is 0 Å². The maximum atomic E-state index is 13.1. The predicted molar refractivity (Wildman–Crippen MR) is 126 cm³/mol. The molecule has 0 unspecified atom stereocenters. The van der Waals surface area contributed by atoms with Crippen LogP contribution in [-0.2, 0) is 6.18 Å². The van der Waals surface area contributed by atoms with Crippen molar-refractivity contribution in [2.24, 2.45) is 0 Å². The molecule has 4 rings (SSSR count). The molecular formula is C26H27F3N4O2. The minimum Gasteiger partial charge on any atom is -0.335 e. The summed E-state index contributed by atoms with van der Waals surface area (Å²) in [5.74, 6) is 0.0603. The molecule has 0 aliphatic carbocycles. The first-order valence-electron chi connectivity index (χ1n) is 11.5. The van der Waals surface area contributed by atoms with Gasteiger partial charge in [-0.25, -0.2) is 4.68 Å². The summed E-state index contributed by atoms with van der Waals surface area (Å²) in [6, 6.07) is 12.4. The van der Waals surface area contributed by atoms with Gasteiger partial charge in [-0.3, -0.25) is 9.59 Å². The second-order valence-electron chi connectivity index (χ2n) is 8.96. The summed E-state index contributed by atoms with van der Waals surface area (Å²) < 4.78 is 40.6. The summed E-state index contributed by atoms with van der Waals surface area (Å²) in [5.41, 5.74) is 2.02. The molecule has 1 aliphatic rings. The van der Waals surface area contributed by atoms with Crippen molar-refractivity contribution >= 4 is 11.8 Å². The lowest BCUT2D eigenvalue weighted by Gasteiger charge is -2.34. The number of piperazine rings is 1. The molecule has 184 valence electrons. The molecule has 1 aliphatic heterocycles. The van der Waals surface area contributed by atoms with Gasteiger partial charge in [-0.2, -0.15) is 18.3 Å². The average Bonchev–Trinajstić information content (AvgIpc) is 3.24. The average molecular weight is 485 g/mol. The predicted octanol–water partition coefficient (Wildman–Crippen LogP) is 4.92. The molecule has 6 nitrogen and oxygen atoms in total. The van der Waals surface area contributed by atoms with E-state index in [1.165, 1.54) is 23.0 Å². The first-order valence-corrected chi connectivity index (χ1v) is 11.5. The highest BCUT2D eigenvalue weighted by Gasteiger charge is 2.31. The zero-order valence-corrected chi connectivity index (χ0v) is 19.8. The smallest absolute Gasteiger partial charge is 0.335 e. The van der Waals surface area contributed by atoms with Crippen LogP contribution < -0.4 is 0 Å². The van der Waals surface area contributed by atoms with Gasteiger partial charge in [-0.15, -0.1) is 0 Å². The van der Waals surface area contributed by atoms with Crippen molar-refractivity contribution in [3.05, 3.63) is 82.7 Å². The van der Waals surface area contributed by atoms with Crippen LogP contribution >= 0.6 is 0 Å². The molecule has 0 bridgehead atoms. The molecule has 0 radical (unpaired) electrons. The number of aromatic nitrogens is 2. The van der Waals surface area contributed by atoms with Crippen LogP contribution in [0.1, 0.15) is 57.3 Å². The van der Waals surface area contributed by atoms with Crippen molar-refractivity contribution in [3.63, 3.8) is 0 Å². The van der Waals surface area contributed by atoms with Gasteiger partial charge in [-0.1, -0.05) is 32.0 Å². The number of carbonyl (C=O) groups excluding carboxylic acids is 2. The highest BCUT2D eigenvalue weighted by molar-refractivity contribution is 5.96. The fourth-order valence-corrected chi connectivity index (χ4v) is 4.17. The molecule has 0 atom stereocenters. The van der Waals surface area contributed by atoms with Crippen LogP contribution in [0.15, 0.2) is 54.7 Å². The summed E-state index contributed by atoms with van der Waals surface area (Å²) in [5, 5.41) is 4.16. The lowest BCUT2D eigenvalue weighted by atomic mass is 10.0.